The summed E-state index contributed by atoms with van der Waals surface area (Å²) >= 11 is 4.69. The fraction of sp³-hybridized carbons (Fsp3) is 0.556. The van der Waals surface area contributed by atoms with Crippen LogP contribution in [0.5, 0.6) is 5.88 Å². The molecule has 1 aromatic heterocycles. The first-order valence-corrected chi connectivity index (χ1v) is 9.17. The van der Waals surface area contributed by atoms with Gasteiger partial charge in [-0.2, -0.15) is 24.9 Å². The van der Waals surface area contributed by atoms with Gasteiger partial charge in [0.1, 0.15) is 17.4 Å². The van der Waals surface area contributed by atoms with Crippen molar-refractivity contribution < 1.29 is 18.3 Å². The fourth-order valence-electron chi connectivity index (χ4n) is 1.11. The van der Waals surface area contributed by atoms with Crippen LogP contribution < -0.4 is 14.2 Å². The molecule has 1 aromatic rings. The molecule has 0 saturated carbocycles. The number of hydrogen-bond acceptors (Lipinski definition) is 7. The van der Waals surface area contributed by atoms with E-state index >= 15 is 0 Å². The zero-order valence-electron chi connectivity index (χ0n) is 10.7. The highest BCUT2D eigenvalue weighted by atomic mass is 79.9. The van der Waals surface area contributed by atoms with Crippen LogP contribution in [0, 0.1) is 0 Å². The summed E-state index contributed by atoms with van der Waals surface area (Å²) in [6.07, 6.45) is 3.05. The first-order chi connectivity index (χ1) is 9.50. The van der Waals surface area contributed by atoms with Crippen LogP contribution in [-0.2, 0) is 10.2 Å². The van der Waals surface area contributed by atoms with Crippen LogP contribution in [0.4, 0.5) is 5.82 Å². The Bertz CT molecular complexity index is 529. The Labute approximate surface area is 130 Å². The molecule has 1 heterocycles. The highest BCUT2D eigenvalue weighted by molar-refractivity contribution is 9.10. The minimum atomic E-state index is -3.71. The summed E-state index contributed by atoms with van der Waals surface area (Å²) in [5.74, 6) is 0.872. The molecule has 0 aliphatic rings. The maximum absolute atomic E-state index is 11.8. The molecule has 20 heavy (non-hydrogen) atoms. The lowest BCUT2D eigenvalue weighted by Gasteiger charge is -2.11. The van der Waals surface area contributed by atoms with Crippen LogP contribution in [0.3, 0.4) is 0 Å². The van der Waals surface area contributed by atoms with Gasteiger partial charge in [0.15, 0.2) is 5.82 Å². The Morgan fingerprint density at radius 2 is 2.25 bits per heavy atom. The molecule has 0 radical (unpaired) electrons. The van der Waals surface area contributed by atoms with Gasteiger partial charge in [0.25, 0.3) is 10.2 Å². The van der Waals surface area contributed by atoms with E-state index in [4.69, 9.17) is 9.84 Å². The number of aromatic nitrogens is 2. The molecule has 1 rings (SSSR count). The van der Waals surface area contributed by atoms with Crippen molar-refractivity contribution in [2.75, 3.05) is 36.5 Å². The molecule has 0 fully saturated rings. The minimum absolute atomic E-state index is 0.0494. The zero-order chi connectivity index (χ0) is 15.0. The van der Waals surface area contributed by atoms with E-state index < -0.39 is 10.2 Å². The van der Waals surface area contributed by atoms with Crippen LogP contribution >= 0.6 is 27.7 Å². The molecule has 0 aromatic carbocycles. The second kappa shape index (κ2) is 8.62. The van der Waals surface area contributed by atoms with E-state index in [9.17, 15) is 8.42 Å². The molecule has 0 saturated heterocycles. The predicted octanol–water partition coefficient (Wildman–Crippen LogP) is 0.220. The molecule has 0 unspecified atom stereocenters. The number of aliphatic hydroxyl groups excluding tert-OH is 1. The van der Waals surface area contributed by atoms with E-state index in [1.54, 1.807) is 0 Å². The van der Waals surface area contributed by atoms with Crippen molar-refractivity contribution >= 4 is 43.7 Å². The fourth-order valence-corrected chi connectivity index (χ4v) is 2.95. The number of nitrogens with zero attached hydrogens (tertiary/aromatic N) is 2. The SMILES string of the molecule is CSCCNS(=O)(=O)Nc1ncnc(OCCO)c1Br. The largest absolute Gasteiger partial charge is 0.474 e. The van der Waals surface area contributed by atoms with E-state index in [1.807, 2.05) is 6.26 Å². The van der Waals surface area contributed by atoms with Crippen molar-refractivity contribution in [3.63, 3.8) is 0 Å². The van der Waals surface area contributed by atoms with Gasteiger partial charge in [0, 0.05) is 12.3 Å². The van der Waals surface area contributed by atoms with E-state index in [1.165, 1.54) is 11.8 Å². The second-order valence-electron chi connectivity index (χ2n) is 3.41. The summed E-state index contributed by atoms with van der Waals surface area (Å²) in [5, 5.41) is 8.69. The van der Waals surface area contributed by atoms with E-state index in [0.29, 0.717) is 12.3 Å². The van der Waals surface area contributed by atoms with Crippen molar-refractivity contribution in [2.24, 2.45) is 0 Å². The van der Waals surface area contributed by atoms with Crippen molar-refractivity contribution in [2.45, 2.75) is 0 Å². The lowest BCUT2D eigenvalue weighted by Crippen LogP contribution is -2.32. The Morgan fingerprint density at radius 1 is 1.50 bits per heavy atom. The summed E-state index contributed by atoms with van der Waals surface area (Å²) in [7, 11) is -3.71. The number of aliphatic hydroxyl groups is 1. The monoisotopic (exact) mass is 386 g/mol. The summed E-state index contributed by atoms with van der Waals surface area (Å²) in [6, 6.07) is 0. The second-order valence-corrected chi connectivity index (χ2v) is 6.68. The molecule has 0 aliphatic heterocycles. The third kappa shape index (κ3) is 5.79. The quantitative estimate of drug-likeness (QED) is 0.520. The highest BCUT2D eigenvalue weighted by Crippen LogP contribution is 2.28. The van der Waals surface area contributed by atoms with E-state index in [0.717, 1.165) is 6.33 Å². The molecule has 114 valence electrons. The average molecular weight is 387 g/mol. The summed E-state index contributed by atoms with van der Waals surface area (Å²) in [4.78, 5) is 7.66. The van der Waals surface area contributed by atoms with Gasteiger partial charge in [-0.25, -0.2) is 9.97 Å². The van der Waals surface area contributed by atoms with E-state index in [-0.39, 0.29) is 29.4 Å². The molecule has 0 spiro atoms. The maximum atomic E-state index is 11.8. The summed E-state index contributed by atoms with van der Waals surface area (Å²) in [6.45, 7) is 0.189. The lowest BCUT2D eigenvalue weighted by molar-refractivity contribution is 0.196. The van der Waals surface area contributed by atoms with Gasteiger partial charge in [-0.3, -0.25) is 4.72 Å². The molecular weight excluding hydrogens is 372 g/mol. The van der Waals surface area contributed by atoms with Crippen LogP contribution in [0.15, 0.2) is 10.8 Å². The normalized spacial score (nSPS) is 11.3. The Balaban J connectivity index is 2.76. The van der Waals surface area contributed by atoms with Gasteiger partial charge in [-0.15, -0.1) is 0 Å². The Hall–Kier alpha value is -0.620. The molecule has 0 atom stereocenters. The third-order valence-corrected chi connectivity index (χ3v) is 4.29. The van der Waals surface area contributed by atoms with Gasteiger partial charge in [0.2, 0.25) is 5.88 Å². The minimum Gasteiger partial charge on any atom is -0.474 e. The van der Waals surface area contributed by atoms with Gasteiger partial charge in [-0.05, 0) is 22.2 Å². The van der Waals surface area contributed by atoms with Crippen LogP contribution in [0.2, 0.25) is 0 Å². The van der Waals surface area contributed by atoms with Crippen molar-refractivity contribution in [3.05, 3.63) is 10.8 Å². The number of hydrogen-bond donors (Lipinski definition) is 3. The molecule has 0 bridgehead atoms. The Morgan fingerprint density at radius 3 is 2.90 bits per heavy atom. The summed E-state index contributed by atoms with van der Waals surface area (Å²) < 4.78 is 33.6. The molecule has 11 heteroatoms. The number of rotatable bonds is 9. The number of nitrogens with one attached hydrogen (secondary N) is 2. The van der Waals surface area contributed by atoms with E-state index in [2.05, 4.69) is 35.3 Å². The number of ether oxygens (including phenoxy) is 1. The van der Waals surface area contributed by atoms with Crippen molar-refractivity contribution in [3.8, 4) is 5.88 Å². The lowest BCUT2D eigenvalue weighted by atomic mass is 10.6. The highest BCUT2D eigenvalue weighted by Gasteiger charge is 2.16. The smallest absolute Gasteiger partial charge is 0.300 e. The predicted molar refractivity (Wildman–Crippen MR) is 81.2 cm³/mol. The zero-order valence-corrected chi connectivity index (χ0v) is 13.9. The van der Waals surface area contributed by atoms with Crippen LogP contribution in [-0.4, -0.2) is 55.3 Å². The van der Waals surface area contributed by atoms with Crippen molar-refractivity contribution in [1.29, 1.82) is 0 Å². The number of thioether (sulfide) groups is 1. The average Bonchev–Trinajstić information content (AvgIpc) is 2.40. The third-order valence-electron chi connectivity index (χ3n) is 1.92. The molecule has 0 aliphatic carbocycles. The molecule has 8 nitrogen and oxygen atoms in total. The number of anilines is 1. The first kappa shape index (κ1) is 17.4. The van der Waals surface area contributed by atoms with Gasteiger partial charge < -0.3 is 9.84 Å². The van der Waals surface area contributed by atoms with Crippen LogP contribution in [0.1, 0.15) is 0 Å². The van der Waals surface area contributed by atoms with Gasteiger partial charge >= 0.3 is 0 Å². The van der Waals surface area contributed by atoms with Gasteiger partial charge in [0.05, 0.1) is 6.61 Å². The topological polar surface area (TPSA) is 113 Å². The summed E-state index contributed by atoms with van der Waals surface area (Å²) in [5.41, 5.74) is 0. The molecule has 3 N–H and O–H groups in total. The van der Waals surface area contributed by atoms with Gasteiger partial charge in [-0.1, -0.05) is 0 Å². The molecular formula is C9H15BrN4O4S2. The first-order valence-electron chi connectivity index (χ1n) is 5.50. The molecule has 0 amide bonds. The number of halogens is 1. The Kier molecular flexibility index (Phi) is 7.51. The maximum Gasteiger partial charge on any atom is 0.300 e. The van der Waals surface area contributed by atoms with Crippen LogP contribution in [0.25, 0.3) is 0 Å². The van der Waals surface area contributed by atoms with Crippen molar-refractivity contribution in [1.82, 2.24) is 14.7 Å². The standard InChI is InChI=1S/C9H15BrN4O4S2/c1-19-5-2-13-20(16,17)14-8-7(10)9(12-6-11-8)18-4-3-15/h6,13,15H,2-5H2,1H3,(H,11,12,14).